The summed E-state index contributed by atoms with van der Waals surface area (Å²) >= 11 is 1.39. The summed E-state index contributed by atoms with van der Waals surface area (Å²) in [6, 6.07) is 14.4. The summed E-state index contributed by atoms with van der Waals surface area (Å²) in [7, 11) is 3.98. The van der Waals surface area contributed by atoms with Crippen molar-refractivity contribution in [2.45, 2.75) is 0 Å². The number of hydrogen-bond acceptors (Lipinski definition) is 7. The molecule has 2 aromatic carbocycles. The Labute approximate surface area is 154 Å². The van der Waals surface area contributed by atoms with Crippen molar-refractivity contribution in [3.05, 3.63) is 69.6 Å². The van der Waals surface area contributed by atoms with Gasteiger partial charge in [-0.3, -0.25) is 15.5 Å². The number of nitro groups is 1. The van der Waals surface area contributed by atoms with Gasteiger partial charge in [0, 0.05) is 42.9 Å². The molecule has 0 saturated heterocycles. The molecule has 3 aromatic rings. The molecule has 132 valence electrons. The SMILES string of the molecule is CN(C)c1ccc(/C=N\Nc2nc(-c3cccc([N+](=O)[O-])c3)cs2)cc1. The standard InChI is InChI=1S/C18H17N5O2S/c1-22(2)15-8-6-13(7-9-15)11-19-21-18-20-17(12-26-18)14-4-3-5-16(10-14)23(24)25/h3-12H,1-2H3,(H,20,21)/b19-11-. The monoisotopic (exact) mass is 367 g/mol. The van der Waals surface area contributed by atoms with Gasteiger partial charge in [0.25, 0.3) is 5.69 Å². The Kier molecular flexibility index (Phi) is 5.23. The number of non-ortho nitro benzene ring substituents is 1. The first-order valence-corrected chi connectivity index (χ1v) is 8.68. The zero-order valence-electron chi connectivity index (χ0n) is 14.3. The summed E-state index contributed by atoms with van der Waals surface area (Å²) in [5.41, 5.74) is 6.40. The first-order valence-electron chi connectivity index (χ1n) is 7.80. The van der Waals surface area contributed by atoms with Gasteiger partial charge in [0.15, 0.2) is 0 Å². The van der Waals surface area contributed by atoms with Crippen LogP contribution in [0.15, 0.2) is 59.0 Å². The van der Waals surface area contributed by atoms with Gasteiger partial charge >= 0.3 is 0 Å². The van der Waals surface area contributed by atoms with E-state index in [4.69, 9.17) is 0 Å². The van der Waals surface area contributed by atoms with Gasteiger partial charge in [0.2, 0.25) is 5.13 Å². The Bertz CT molecular complexity index is 935. The third-order valence-corrected chi connectivity index (χ3v) is 4.39. The molecular formula is C18H17N5O2S. The smallest absolute Gasteiger partial charge is 0.270 e. The molecule has 0 spiro atoms. The minimum Gasteiger partial charge on any atom is -0.378 e. The minimum absolute atomic E-state index is 0.0456. The van der Waals surface area contributed by atoms with Crippen molar-refractivity contribution in [3.63, 3.8) is 0 Å². The lowest BCUT2D eigenvalue weighted by atomic mass is 10.1. The van der Waals surface area contributed by atoms with E-state index < -0.39 is 4.92 Å². The number of rotatable bonds is 6. The molecule has 1 N–H and O–H groups in total. The van der Waals surface area contributed by atoms with Crippen LogP contribution in [-0.4, -0.2) is 30.2 Å². The average Bonchev–Trinajstić information content (AvgIpc) is 3.11. The fourth-order valence-electron chi connectivity index (χ4n) is 2.26. The third-order valence-electron chi connectivity index (χ3n) is 3.64. The molecular weight excluding hydrogens is 350 g/mol. The largest absolute Gasteiger partial charge is 0.378 e. The van der Waals surface area contributed by atoms with Crippen LogP contribution in [0.25, 0.3) is 11.3 Å². The lowest BCUT2D eigenvalue weighted by molar-refractivity contribution is -0.384. The quantitative estimate of drug-likeness (QED) is 0.400. The summed E-state index contributed by atoms with van der Waals surface area (Å²) in [5, 5.41) is 17.5. The highest BCUT2D eigenvalue weighted by molar-refractivity contribution is 7.14. The number of hydrazone groups is 1. The van der Waals surface area contributed by atoms with Crippen LogP contribution < -0.4 is 10.3 Å². The number of hydrogen-bond donors (Lipinski definition) is 1. The van der Waals surface area contributed by atoms with Crippen molar-refractivity contribution < 1.29 is 4.92 Å². The molecule has 0 atom stereocenters. The zero-order valence-corrected chi connectivity index (χ0v) is 15.1. The van der Waals surface area contributed by atoms with E-state index in [-0.39, 0.29) is 5.69 Å². The first kappa shape index (κ1) is 17.6. The van der Waals surface area contributed by atoms with Crippen molar-refractivity contribution in [3.8, 4) is 11.3 Å². The van der Waals surface area contributed by atoms with Crippen molar-refractivity contribution in [1.29, 1.82) is 0 Å². The highest BCUT2D eigenvalue weighted by Crippen LogP contribution is 2.27. The molecule has 0 unspecified atom stereocenters. The summed E-state index contributed by atoms with van der Waals surface area (Å²) in [5.74, 6) is 0. The Hall–Kier alpha value is -3.26. The molecule has 1 heterocycles. The summed E-state index contributed by atoms with van der Waals surface area (Å²) < 4.78 is 0. The molecule has 0 amide bonds. The molecule has 0 fully saturated rings. The molecule has 7 nitrogen and oxygen atoms in total. The predicted molar refractivity (Wildman–Crippen MR) is 106 cm³/mol. The van der Waals surface area contributed by atoms with Crippen LogP contribution in [0, 0.1) is 10.1 Å². The van der Waals surface area contributed by atoms with Gasteiger partial charge in [0.05, 0.1) is 16.8 Å². The predicted octanol–water partition coefficient (Wildman–Crippen LogP) is 4.23. The van der Waals surface area contributed by atoms with E-state index in [1.165, 1.54) is 23.5 Å². The van der Waals surface area contributed by atoms with Gasteiger partial charge in [-0.1, -0.05) is 24.3 Å². The van der Waals surface area contributed by atoms with E-state index in [1.807, 2.05) is 48.6 Å². The minimum atomic E-state index is -0.416. The molecule has 0 bridgehead atoms. The van der Waals surface area contributed by atoms with Gasteiger partial charge in [-0.2, -0.15) is 5.10 Å². The van der Waals surface area contributed by atoms with Crippen LogP contribution in [0.5, 0.6) is 0 Å². The highest BCUT2D eigenvalue weighted by atomic mass is 32.1. The zero-order chi connectivity index (χ0) is 18.5. The lowest BCUT2D eigenvalue weighted by Gasteiger charge is -2.11. The maximum atomic E-state index is 10.9. The lowest BCUT2D eigenvalue weighted by Crippen LogP contribution is -2.08. The van der Waals surface area contributed by atoms with Gasteiger partial charge in [-0.15, -0.1) is 11.3 Å². The maximum Gasteiger partial charge on any atom is 0.270 e. The van der Waals surface area contributed by atoms with E-state index in [9.17, 15) is 10.1 Å². The molecule has 1 aromatic heterocycles. The van der Waals surface area contributed by atoms with Crippen LogP contribution in [0.3, 0.4) is 0 Å². The summed E-state index contributed by atoms with van der Waals surface area (Å²) in [4.78, 5) is 16.9. The van der Waals surface area contributed by atoms with E-state index in [0.717, 1.165) is 11.3 Å². The Morgan fingerprint density at radius 3 is 2.69 bits per heavy atom. The van der Waals surface area contributed by atoms with Gasteiger partial charge < -0.3 is 4.90 Å². The van der Waals surface area contributed by atoms with Gasteiger partial charge in [-0.05, 0) is 17.7 Å². The number of benzene rings is 2. The van der Waals surface area contributed by atoms with Crippen LogP contribution in [0.2, 0.25) is 0 Å². The van der Waals surface area contributed by atoms with E-state index in [0.29, 0.717) is 16.4 Å². The fraction of sp³-hybridized carbons (Fsp3) is 0.111. The van der Waals surface area contributed by atoms with Crippen molar-refractivity contribution in [2.24, 2.45) is 5.10 Å². The Morgan fingerprint density at radius 2 is 2.00 bits per heavy atom. The average molecular weight is 367 g/mol. The highest BCUT2D eigenvalue weighted by Gasteiger charge is 2.09. The number of nitrogens with one attached hydrogen (secondary N) is 1. The van der Waals surface area contributed by atoms with Crippen molar-refractivity contribution >= 4 is 34.1 Å². The number of nitro benzene ring substituents is 1. The summed E-state index contributed by atoms with van der Waals surface area (Å²) in [6.45, 7) is 0. The van der Waals surface area contributed by atoms with E-state index >= 15 is 0 Å². The molecule has 0 aliphatic carbocycles. The Morgan fingerprint density at radius 1 is 1.23 bits per heavy atom. The number of anilines is 2. The third kappa shape index (κ3) is 4.22. The van der Waals surface area contributed by atoms with E-state index in [2.05, 4.69) is 15.5 Å². The second kappa shape index (κ2) is 7.75. The fourth-order valence-corrected chi connectivity index (χ4v) is 2.93. The topological polar surface area (TPSA) is 83.7 Å². The second-order valence-corrected chi connectivity index (χ2v) is 6.56. The van der Waals surface area contributed by atoms with Crippen LogP contribution in [0.4, 0.5) is 16.5 Å². The maximum absolute atomic E-state index is 10.9. The summed E-state index contributed by atoms with van der Waals surface area (Å²) in [6.07, 6.45) is 1.72. The molecule has 3 rings (SSSR count). The molecule has 0 saturated carbocycles. The molecule has 0 aliphatic rings. The number of nitrogens with zero attached hydrogens (tertiary/aromatic N) is 4. The van der Waals surface area contributed by atoms with Gasteiger partial charge in [0.1, 0.15) is 0 Å². The number of aromatic nitrogens is 1. The normalized spacial score (nSPS) is 10.8. The first-order chi connectivity index (χ1) is 12.5. The van der Waals surface area contributed by atoms with Crippen LogP contribution in [0.1, 0.15) is 5.56 Å². The molecule has 8 heteroatoms. The van der Waals surface area contributed by atoms with Crippen LogP contribution in [-0.2, 0) is 0 Å². The molecule has 0 aliphatic heterocycles. The van der Waals surface area contributed by atoms with Crippen molar-refractivity contribution in [2.75, 3.05) is 24.4 Å². The second-order valence-electron chi connectivity index (χ2n) is 5.70. The number of thiazole rings is 1. The van der Waals surface area contributed by atoms with E-state index in [1.54, 1.807) is 18.3 Å². The van der Waals surface area contributed by atoms with Gasteiger partial charge in [-0.25, -0.2) is 4.98 Å². The molecule has 0 radical (unpaired) electrons. The van der Waals surface area contributed by atoms with Crippen molar-refractivity contribution in [1.82, 2.24) is 4.98 Å². The Balaban J connectivity index is 1.67. The molecule has 26 heavy (non-hydrogen) atoms. The van der Waals surface area contributed by atoms with Crippen LogP contribution >= 0.6 is 11.3 Å².